The van der Waals surface area contributed by atoms with Gasteiger partial charge in [0.1, 0.15) is 12.2 Å². The SMILES string of the molecule is CC(C)CNC(=O)N1CCCC(C(=O)NCc2cn(CC(=O)O)nn2)C1. The van der Waals surface area contributed by atoms with Crippen molar-refractivity contribution in [2.75, 3.05) is 19.6 Å². The number of carboxylic acid groups (broad SMARTS) is 1. The van der Waals surface area contributed by atoms with Crippen molar-refractivity contribution >= 4 is 17.9 Å². The molecule has 1 atom stereocenters. The van der Waals surface area contributed by atoms with Gasteiger partial charge < -0.3 is 20.6 Å². The molecule has 0 aliphatic carbocycles. The lowest BCUT2D eigenvalue weighted by molar-refractivity contribution is -0.138. The van der Waals surface area contributed by atoms with Crippen LogP contribution in [0.5, 0.6) is 0 Å². The van der Waals surface area contributed by atoms with Crippen molar-refractivity contribution in [1.29, 1.82) is 0 Å². The van der Waals surface area contributed by atoms with E-state index in [-0.39, 0.29) is 30.9 Å². The number of hydrogen-bond donors (Lipinski definition) is 3. The van der Waals surface area contributed by atoms with E-state index in [2.05, 4.69) is 20.9 Å². The van der Waals surface area contributed by atoms with Crippen molar-refractivity contribution < 1.29 is 19.5 Å². The summed E-state index contributed by atoms with van der Waals surface area (Å²) in [5, 5.41) is 21.9. The molecule has 144 valence electrons. The van der Waals surface area contributed by atoms with Crippen LogP contribution in [-0.2, 0) is 22.7 Å². The third kappa shape index (κ3) is 6.01. The van der Waals surface area contributed by atoms with Crippen molar-refractivity contribution in [2.24, 2.45) is 11.8 Å². The third-order valence-corrected chi connectivity index (χ3v) is 4.07. The number of nitrogens with one attached hydrogen (secondary N) is 2. The molecule has 1 aromatic heterocycles. The Hall–Kier alpha value is -2.65. The van der Waals surface area contributed by atoms with Gasteiger partial charge in [-0.1, -0.05) is 19.1 Å². The van der Waals surface area contributed by atoms with Crippen LogP contribution in [0.4, 0.5) is 4.79 Å². The van der Waals surface area contributed by atoms with Crippen LogP contribution in [0.15, 0.2) is 6.20 Å². The maximum atomic E-state index is 12.4. The summed E-state index contributed by atoms with van der Waals surface area (Å²) < 4.78 is 1.20. The van der Waals surface area contributed by atoms with Crippen molar-refractivity contribution in [2.45, 2.75) is 39.8 Å². The van der Waals surface area contributed by atoms with E-state index < -0.39 is 5.97 Å². The first kappa shape index (κ1) is 19.7. The van der Waals surface area contributed by atoms with E-state index >= 15 is 0 Å². The Kier molecular flexibility index (Phi) is 6.93. The number of likely N-dealkylation sites (tertiary alicyclic amines) is 1. The summed E-state index contributed by atoms with van der Waals surface area (Å²) in [6, 6.07) is -0.132. The molecule has 3 N–H and O–H groups in total. The molecule has 2 rings (SSSR count). The summed E-state index contributed by atoms with van der Waals surface area (Å²) in [7, 11) is 0. The van der Waals surface area contributed by atoms with E-state index in [0.717, 1.165) is 12.8 Å². The van der Waals surface area contributed by atoms with Gasteiger partial charge in [0.05, 0.1) is 18.7 Å². The molecule has 10 heteroatoms. The molecule has 0 spiro atoms. The molecule has 0 radical (unpaired) electrons. The number of amides is 3. The maximum absolute atomic E-state index is 12.4. The average molecular weight is 366 g/mol. The quantitative estimate of drug-likeness (QED) is 0.625. The monoisotopic (exact) mass is 366 g/mol. The molecule has 2 heterocycles. The number of aliphatic carboxylic acids is 1. The lowest BCUT2D eigenvalue weighted by Gasteiger charge is -2.32. The molecule has 0 aromatic carbocycles. The molecular formula is C16H26N6O4. The summed E-state index contributed by atoms with van der Waals surface area (Å²) >= 11 is 0. The molecule has 3 amide bonds. The number of hydrogen-bond acceptors (Lipinski definition) is 5. The minimum absolute atomic E-state index is 0.132. The lowest BCUT2D eigenvalue weighted by atomic mass is 9.97. The average Bonchev–Trinajstić information content (AvgIpc) is 3.04. The summed E-state index contributed by atoms with van der Waals surface area (Å²) in [6.45, 7) is 5.61. The zero-order chi connectivity index (χ0) is 19.1. The van der Waals surface area contributed by atoms with Crippen molar-refractivity contribution in [3.8, 4) is 0 Å². The minimum atomic E-state index is -1.01. The molecule has 26 heavy (non-hydrogen) atoms. The van der Waals surface area contributed by atoms with Crippen LogP contribution in [0.25, 0.3) is 0 Å². The first-order chi connectivity index (χ1) is 12.3. The van der Waals surface area contributed by atoms with Gasteiger partial charge in [0.25, 0.3) is 0 Å². The Labute approximate surface area is 151 Å². The number of rotatable bonds is 7. The second kappa shape index (κ2) is 9.16. The van der Waals surface area contributed by atoms with Crippen molar-refractivity contribution in [3.05, 3.63) is 11.9 Å². The van der Waals surface area contributed by atoms with E-state index in [1.807, 2.05) is 13.8 Å². The Bertz CT molecular complexity index is 644. The van der Waals surface area contributed by atoms with Crippen LogP contribution in [-0.4, -0.2) is 62.5 Å². The van der Waals surface area contributed by atoms with Gasteiger partial charge >= 0.3 is 12.0 Å². The van der Waals surface area contributed by atoms with Crippen molar-refractivity contribution in [3.63, 3.8) is 0 Å². The zero-order valence-electron chi connectivity index (χ0n) is 15.1. The summed E-state index contributed by atoms with van der Waals surface area (Å²) in [5.74, 6) is -1.04. The first-order valence-corrected chi connectivity index (χ1v) is 8.76. The van der Waals surface area contributed by atoms with Gasteiger partial charge in [0.2, 0.25) is 5.91 Å². The van der Waals surface area contributed by atoms with Gasteiger partial charge in [-0.15, -0.1) is 5.10 Å². The second-order valence-electron chi connectivity index (χ2n) is 6.88. The number of aromatic nitrogens is 3. The van der Waals surface area contributed by atoms with Crippen LogP contribution in [0.2, 0.25) is 0 Å². The smallest absolute Gasteiger partial charge is 0.325 e. The summed E-state index contributed by atoms with van der Waals surface area (Å²) in [4.78, 5) is 36.8. The van der Waals surface area contributed by atoms with E-state index in [9.17, 15) is 14.4 Å². The van der Waals surface area contributed by atoms with Gasteiger partial charge in [-0.25, -0.2) is 9.48 Å². The molecule has 1 aliphatic heterocycles. The number of urea groups is 1. The van der Waals surface area contributed by atoms with Crippen LogP contribution < -0.4 is 10.6 Å². The molecule has 1 fully saturated rings. The summed E-state index contributed by atoms with van der Waals surface area (Å²) in [5.41, 5.74) is 0.488. The highest BCUT2D eigenvalue weighted by Crippen LogP contribution is 2.17. The van der Waals surface area contributed by atoms with Gasteiger partial charge in [-0.05, 0) is 18.8 Å². The van der Waals surface area contributed by atoms with E-state index in [1.54, 1.807) is 4.90 Å². The maximum Gasteiger partial charge on any atom is 0.325 e. The predicted molar refractivity (Wildman–Crippen MR) is 92.0 cm³/mol. The Morgan fingerprint density at radius 3 is 2.81 bits per heavy atom. The topological polar surface area (TPSA) is 129 Å². The van der Waals surface area contributed by atoms with Crippen LogP contribution in [0.1, 0.15) is 32.4 Å². The van der Waals surface area contributed by atoms with Crippen molar-refractivity contribution in [1.82, 2.24) is 30.5 Å². The minimum Gasteiger partial charge on any atom is -0.480 e. The molecular weight excluding hydrogens is 340 g/mol. The zero-order valence-corrected chi connectivity index (χ0v) is 15.1. The molecule has 1 aliphatic rings. The normalized spacial score (nSPS) is 17.2. The fourth-order valence-corrected chi connectivity index (χ4v) is 2.74. The molecule has 0 bridgehead atoms. The molecule has 1 saturated heterocycles. The first-order valence-electron chi connectivity index (χ1n) is 8.76. The Morgan fingerprint density at radius 1 is 1.35 bits per heavy atom. The van der Waals surface area contributed by atoms with Gasteiger partial charge in [0, 0.05) is 19.6 Å². The van der Waals surface area contributed by atoms with Gasteiger partial charge in [-0.3, -0.25) is 9.59 Å². The fourth-order valence-electron chi connectivity index (χ4n) is 2.74. The number of piperidine rings is 1. The van der Waals surface area contributed by atoms with Crippen LogP contribution in [0.3, 0.4) is 0 Å². The van der Waals surface area contributed by atoms with E-state index in [0.29, 0.717) is 31.2 Å². The Balaban J connectivity index is 1.80. The summed E-state index contributed by atoms with van der Waals surface area (Å²) in [6.07, 6.45) is 2.99. The largest absolute Gasteiger partial charge is 0.480 e. The van der Waals surface area contributed by atoms with Gasteiger partial charge in [0.15, 0.2) is 0 Å². The third-order valence-electron chi connectivity index (χ3n) is 4.07. The highest BCUT2D eigenvalue weighted by Gasteiger charge is 2.28. The second-order valence-corrected chi connectivity index (χ2v) is 6.88. The van der Waals surface area contributed by atoms with E-state index in [4.69, 9.17) is 5.11 Å². The molecule has 1 unspecified atom stereocenters. The lowest BCUT2D eigenvalue weighted by Crippen LogP contribution is -2.49. The number of carbonyl (C=O) groups excluding carboxylic acids is 2. The predicted octanol–water partition coefficient (Wildman–Crippen LogP) is 0.0565. The van der Waals surface area contributed by atoms with Crippen LogP contribution in [0, 0.1) is 11.8 Å². The number of carboxylic acids is 1. The highest BCUT2D eigenvalue weighted by atomic mass is 16.4. The van der Waals surface area contributed by atoms with Gasteiger partial charge in [-0.2, -0.15) is 0 Å². The fraction of sp³-hybridized carbons (Fsp3) is 0.688. The molecule has 0 saturated carbocycles. The van der Waals surface area contributed by atoms with Crippen LogP contribution >= 0.6 is 0 Å². The van der Waals surface area contributed by atoms with E-state index in [1.165, 1.54) is 10.9 Å². The number of carbonyl (C=O) groups is 3. The highest BCUT2D eigenvalue weighted by molar-refractivity contribution is 5.80. The standard InChI is InChI=1S/C16H26N6O4/c1-11(2)6-18-16(26)21-5-3-4-12(8-21)15(25)17-7-13-9-22(20-19-13)10-14(23)24/h9,11-12H,3-8,10H2,1-2H3,(H,17,25)(H,18,26)(H,23,24). The number of nitrogens with zero attached hydrogens (tertiary/aromatic N) is 4. The molecule has 1 aromatic rings. The molecule has 10 nitrogen and oxygen atoms in total. The Morgan fingerprint density at radius 2 is 2.12 bits per heavy atom.